The summed E-state index contributed by atoms with van der Waals surface area (Å²) in [5.74, 6) is -0.545. The molecule has 0 saturated heterocycles. The van der Waals surface area contributed by atoms with Gasteiger partial charge in [0.1, 0.15) is 11.1 Å². The molecule has 0 bridgehead atoms. The minimum absolute atomic E-state index is 0.301. The largest absolute Gasteiger partial charge is 0.416 e. The van der Waals surface area contributed by atoms with Crippen molar-refractivity contribution >= 4 is 5.78 Å². The van der Waals surface area contributed by atoms with E-state index in [9.17, 15) is 23.1 Å². The summed E-state index contributed by atoms with van der Waals surface area (Å²) in [7, 11) is 0. The van der Waals surface area contributed by atoms with Crippen LogP contribution in [0.4, 0.5) is 13.2 Å². The van der Waals surface area contributed by atoms with Crippen LogP contribution in [0, 0.1) is 0 Å². The van der Waals surface area contributed by atoms with Crippen LogP contribution in [0.2, 0.25) is 0 Å². The molecule has 6 heteroatoms. The summed E-state index contributed by atoms with van der Waals surface area (Å²) in [5, 5.41) is 10.0. The molecule has 0 aromatic heterocycles. The molecule has 3 N–H and O–H groups in total. The van der Waals surface area contributed by atoms with Gasteiger partial charge in [-0.05, 0) is 43.9 Å². The molecule has 1 fully saturated rings. The van der Waals surface area contributed by atoms with E-state index in [2.05, 4.69) is 0 Å². The van der Waals surface area contributed by atoms with Gasteiger partial charge in [-0.1, -0.05) is 12.1 Å². The number of ketones is 1. The van der Waals surface area contributed by atoms with Crippen molar-refractivity contribution in [2.24, 2.45) is 5.73 Å². The highest BCUT2D eigenvalue weighted by atomic mass is 19.4. The van der Waals surface area contributed by atoms with E-state index in [-0.39, 0.29) is 0 Å². The zero-order valence-corrected chi connectivity index (χ0v) is 11.0. The van der Waals surface area contributed by atoms with Gasteiger partial charge >= 0.3 is 6.18 Å². The first-order valence-electron chi connectivity index (χ1n) is 6.31. The van der Waals surface area contributed by atoms with Gasteiger partial charge in [0, 0.05) is 0 Å². The van der Waals surface area contributed by atoms with Gasteiger partial charge in [0.15, 0.2) is 5.78 Å². The van der Waals surface area contributed by atoms with E-state index in [1.54, 1.807) is 0 Å². The smallest absolute Gasteiger partial charge is 0.382 e. The molecule has 3 nitrogen and oxygen atoms in total. The van der Waals surface area contributed by atoms with Gasteiger partial charge in [-0.15, -0.1) is 0 Å². The van der Waals surface area contributed by atoms with Crippen LogP contribution < -0.4 is 5.73 Å². The normalized spacial score (nSPS) is 31.4. The van der Waals surface area contributed by atoms with Gasteiger partial charge in [-0.2, -0.15) is 13.2 Å². The SMILES string of the molecule is C[C@@]1(O)CCC[C@@](N)(c2ccc(C(F)(F)F)cc2)C1=O. The molecule has 2 rings (SSSR count). The third-order valence-electron chi connectivity index (χ3n) is 3.86. The maximum atomic E-state index is 12.5. The van der Waals surface area contributed by atoms with E-state index < -0.39 is 28.7 Å². The van der Waals surface area contributed by atoms with Gasteiger partial charge in [0.2, 0.25) is 0 Å². The Morgan fingerprint density at radius 1 is 1.20 bits per heavy atom. The Balaban J connectivity index is 2.37. The number of rotatable bonds is 1. The third kappa shape index (κ3) is 2.45. The fourth-order valence-corrected chi connectivity index (χ4v) is 2.65. The molecule has 1 aromatic rings. The lowest BCUT2D eigenvalue weighted by atomic mass is 9.70. The molecule has 0 amide bonds. The van der Waals surface area contributed by atoms with E-state index >= 15 is 0 Å². The molecule has 0 radical (unpaired) electrons. The Bertz CT molecular complexity index is 522. The lowest BCUT2D eigenvalue weighted by Crippen LogP contribution is -2.57. The summed E-state index contributed by atoms with van der Waals surface area (Å²) in [4.78, 5) is 12.3. The van der Waals surface area contributed by atoms with E-state index in [0.717, 1.165) is 12.1 Å². The van der Waals surface area contributed by atoms with Crippen LogP contribution in [0.3, 0.4) is 0 Å². The number of aliphatic hydroxyl groups is 1. The van der Waals surface area contributed by atoms with Crippen molar-refractivity contribution < 1.29 is 23.1 Å². The van der Waals surface area contributed by atoms with Crippen molar-refractivity contribution in [3.63, 3.8) is 0 Å². The Morgan fingerprint density at radius 2 is 1.75 bits per heavy atom. The zero-order valence-electron chi connectivity index (χ0n) is 11.0. The van der Waals surface area contributed by atoms with Crippen LogP contribution in [0.25, 0.3) is 0 Å². The second kappa shape index (κ2) is 4.56. The Labute approximate surface area is 114 Å². The summed E-state index contributed by atoms with van der Waals surface area (Å²) in [6.07, 6.45) is -3.27. The van der Waals surface area contributed by atoms with Gasteiger partial charge in [-0.25, -0.2) is 0 Å². The van der Waals surface area contributed by atoms with Crippen LogP contribution in [-0.2, 0) is 16.5 Å². The molecule has 0 spiro atoms. The van der Waals surface area contributed by atoms with Crippen molar-refractivity contribution in [3.8, 4) is 0 Å². The molecule has 1 aliphatic carbocycles. The molecule has 0 unspecified atom stereocenters. The third-order valence-corrected chi connectivity index (χ3v) is 3.86. The second-order valence-corrected chi connectivity index (χ2v) is 5.50. The maximum Gasteiger partial charge on any atom is 0.416 e. The first-order chi connectivity index (χ1) is 9.07. The molecule has 2 atom stereocenters. The summed E-state index contributed by atoms with van der Waals surface area (Å²) in [6.45, 7) is 1.39. The molecule has 0 heterocycles. The zero-order chi connectivity index (χ0) is 15.2. The Hall–Kier alpha value is -1.40. The minimum Gasteiger partial charge on any atom is -0.382 e. The Morgan fingerprint density at radius 3 is 2.25 bits per heavy atom. The van der Waals surface area contributed by atoms with Crippen molar-refractivity contribution in [3.05, 3.63) is 35.4 Å². The number of Topliss-reactive ketones (excluding diaryl/α,β-unsaturated/α-hetero) is 1. The van der Waals surface area contributed by atoms with Crippen LogP contribution in [0.5, 0.6) is 0 Å². The maximum absolute atomic E-state index is 12.5. The van der Waals surface area contributed by atoms with Crippen LogP contribution >= 0.6 is 0 Å². The lowest BCUT2D eigenvalue weighted by Gasteiger charge is -2.40. The molecule has 110 valence electrons. The average molecular weight is 287 g/mol. The van der Waals surface area contributed by atoms with E-state index in [4.69, 9.17) is 5.73 Å². The summed E-state index contributed by atoms with van der Waals surface area (Å²) >= 11 is 0. The van der Waals surface area contributed by atoms with Crippen molar-refractivity contribution in [2.75, 3.05) is 0 Å². The lowest BCUT2D eigenvalue weighted by molar-refractivity contribution is -0.146. The van der Waals surface area contributed by atoms with Gasteiger partial charge in [0.25, 0.3) is 0 Å². The quantitative estimate of drug-likeness (QED) is 0.833. The fourth-order valence-electron chi connectivity index (χ4n) is 2.65. The van der Waals surface area contributed by atoms with Gasteiger partial charge in [-0.3, -0.25) is 4.79 Å². The standard InChI is InChI=1S/C14H16F3NO2/c1-12(20)7-2-8-13(18,11(12)19)9-3-5-10(6-4-9)14(15,16)17/h3-6,20H,2,7-8,18H2,1H3/t12-,13-/m1/s1. The first kappa shape index (κ1) is 15.0. The predicted molar refractivity (Wildman–Crippen MR) is 66.8 cm³/mol. The summed E-state index contributed by atoms with van der Waals surface area (Å²) in [6, 6.07) is 4.23. The highest BCUT2D eigenvalue weighted by Gasteiger charge is 2.48. The van der Waals surface area contributed by atoms with Crippen molar-refractivity contribution in [1.29, 1.82) is 0 Å². The number of benzene rings is 1. The molecular formula is C14H16F3NO2. The van der Waals surface area contributed by atoms with Crippen LogP contribution in [0.1, 0.15) is 37.3 Å². The number of carbonyl (C=O) groups excluding carboxylic acids is 1. The van der Waals surface area contributed by atoms with E-state index in [1.165, 1.54) is 19.1 Å². The monoisotopic (exact) mass is 287 g/mol. The Kier molecular flexibility index (Phi) is 3.42. The second-order valence-electron chi connectivity index (χ2n) is 5.50. The summed E-state index contributed by atoms with van der Waals surface area (Å²) in [5.41, 5.74) is 2.62. The average Bonchev–Trinajstić information content (AvgIpc) is 2.35. The van der Waals surface area contributed by atoms with Gasteiger partial charge in [0.05, 0.1) is 5.56 Å². The fraction of sp³-hybridized carbons (Fsp3) is 0.500. The molecular weight excluding hydrogens is 271 g/mol. The van der Waals surface area contributed by atoms with Crippen molar-refractivity contribution in [1.82, 2.24) is 0 Å². The molecule has 0 aliphatic heterocycles. The van der Waals surface area contributed by atoms with Gasteiger partial charge < -0.3 is 10.8 Å². The topological polar surface area (TPSA) is 63.3 Å². The van der Waals surface area contributed by atoms with Crippen LogP contribution in [0.15, 0.2) is 24.3 Å². The molecule has 1 saturated carbocycles. The molecule has 1 aromatic carbocycles. The molecule has 20 heavy (non-hydrogen) atoms. The minimum atomic E-state index is -4.43. The summed E-state index contributed by atoms with van der Waals surface area (Å²) < 4.78 is 37.6. The number of halogens is 3. The van der Waals surface area contributed by atoms with Crippen molar-refractivity contribution in [2.45, 2.75) is 43.5 Å². The van der Waals surface area contributed by atoms with Crippen LogP contribution in [-0.4, -0.2) is 16.5 Å². The van der Waals surface area contributed by atoms with E-state index in [1.807, 2.05) is 0 Å². The number of alkyl halides is 3. The van der Waals surface area contributed by atoms with E-state index in [0.29, 0.717) is 24.8 Å². The number of hydrogen-bond acceptors (Lipinski definition) is 3. The highest BCUT2D eigenvalue weighted by molar-refractivity contribution is 5.96. The predicted octanol–water partition coefficient (Wildman–Crippen LogP) is 2.36. The first-order valence-corrected chi connectivity index (χ1v) is 6.31. The number of nitrogens with two attached hydrogens (primary N) is 1. The number of hydrogen-bond donors (Lipinski definition) is 2. The number of carbonyl (C=O) groups is 1. The molecule has 1 aliphatic rings. The highest BCUT2D eigenvalue weighted by Crippen LogP contribution is 2.38.